The van der Waals surface area contributed by atoms with Gasteiger partial charge < -0.3 is 29.5 Å². The molecular formula is C56H36F10N6O8S2. The first kappa shape index (κ1) is 52.9. The summed E-state index contributed by atoms with van der Waals surface area (Å²) in [5.74, 6) is -7.92. The predicted octanol–water partition coefficient (Wildman–Crippen LogP) is 10.2. The number of aromatic hydroxyl groups is 2. The van der Waals surface area contributed by atoms with Crippen LogP contribution in [0.2, 0.25) is 0 Å². The lowest BCUT2D eigenvalue weighted by molar-refractivity contribution is -0.135. The molecule has 26 heteroatoms. The van der Waals surface area contributed by atoms with Gasteiger partial charge in [0.2, 0.25) is 10.9 Å². The van der Waals surface area contributed by atoms with Crippen LogP contribution in [0.5, 0.6) is 11.5 Å². The molecule has 2 saturated heterocycles. The van der Waals surface area contributed by atoms with Gasteiger partial charge in [-0.15, -0.1) is 22.7 Å². The zero-order chi connectivity index (χ0) is 57.6. The van der Waals surface area contributed by atoms with E-state index in [-0.39, 0.29) is 94.0 Å². The smallest absolute Gasteiger partial charge is 0.425 e. The highest BCUT2D eigenvalue weighted by Gasteiger charge is 2.50. The zero-order valence-corrected chi connectivity index (χ0v) is 43.2. The maximum Gasteiger partial charge on any atom is 0.425 e. The third-order valence-corrected chi connectivity index (χ3v) is 17.7. The molecule has 4 aromatic heterocycles. The molecule has 420 valence electrons. The van der Waals surface area contributed by atoms with E-state index in [1.807, 2.05) is 0 Å². The number of fused-ring (bicyclic) bond motifs is 14. The maximum absolute atomic E-state index is 15.8. The average molecular weight is 1180 g/mol. The fourth-order valence-electron chi connectivity index (χ4n) is 11.8. The van der Waals surface area contributed by atoms with Crippen molar-refractivity contribution in [3.05, 3.63) is 197 Å². The van der Waals surface area contributed by atoms with Crippen LogP contribution in [0.15, 0.2) is 119 Å². The standard InChI is InChI=1S/2C28H18F5N3O4S/c2*29-17-6-5-15-21(22(17)30)16-11-19(28(31,32)33)41-26(16)14-4-2-1-3-13(14)23(15)36-20-12-40-10-9-34(20)27(39)24-25(38)18(37)7-8-35(24)36/h2*1-8,11,20,23,38H,9-10,12H2/t20-,23-;/m1./s1. The number of morpholine rings is 2. The fourth-order valence-corrected chi connectivity index (χ4v) is 14.0. The molecule has 8 heterocycles. The second kappa shape index (κ2) is 19.1. The minimum atomic E-state index is -4.72. The number of benzene rings is 4. The number of halogens is 10. The largest absolute Gasteiger partial charge is 0.502 e. The van der Waals surface area contributed by atoms with Gasteiger partial charge in [0.15, 0.2) is 46.2 Å². The SMILES string of the molecule is O=C1c2c(O)c(=O)ccn2N(C2c3ccccc3-c3sc(C(F)(F)F)cc3-c3c2ccc(F)c3F)C2COCCN12.O=C1c2c(O)c(=O)ccn2N([C@@H]2c3ccccc3-c3sc(C(F)(F)F)cc3-c3c2ccc(F)c3F)[C@@H]2COCCN12. The molecule has 0 bridgehead atoms. The van der Waals surface area contributed by atoms with E-state index in [1.165, 1.54) is 43.7 Å². The van der Waals surface area contributed by atoms with Crippen molar-refractivity contribution in [1.29, 1.82) is 0 Å². The van der Waals surface area contributed by atoms with E-state index in [2.05, 4.69) is 0 Å². The van der Waals surface area contributed by atoms with Crippen molar-refractivity contribution in [2.75, 3.05) is 49.5 Å². The summed E-state index contributed by atoms with van der Waals surface area (Å²) in [6.45, 7) is 0.589. The van der Waals surface area contributed by atoms with E-state index in [4.69, 9.17) is 9.47 Å². The van der Waals surface area contributed by atoms with Gasteiger partial charge in [-0.3, -0.25) is 38.5 Å². The molecule has 0 spiro atoms. The van der Waals surface area contributed by atoms with Crippen molar-refractivity contribution < 1.29 is 73.2 Å². The molecule has 4 aromatic carbocycles. The van der Waals surface area contributed by atoms with Crippen LogP contribution < -0.4 is 20.9 Å². The number of alkyl halides is 6. The summed E-state index contributed by atoms with van der Waals surface area (Å²) in [5, 5.41) is 24.7. The number of carbonyl (C=O) groups excluding carboxylic acids is 2. The molecule has 14 rings (SSSR count). The second-order valence-electron chi connectivity index (χ2n) is 19.6. The van der Waals surface area contributed by atoms with Gasteiger partial charge in [-0.05, 0) is 57.6 Å². The Bertz CT molecular complexity index is 3900. The molecule has 4 aliphatic heterocycles. The highest BCUT2D eigenvalue weighted by atomic mass is 32.1. The number of rotatable bonds is 2. The van der Waals surface area contributed by atoms with Gasteiger partial charge in [-0.2, -0.15) is 26.3 Å². The highest BCUT2D eigenvalue weighted by molar-refractivity contribution is 7.16. The van der Waals surface area contributed by atoms with Crippen LogP contribution in [0.1, 0.15) is 65.1 Å². The number of carbonyl (C=O) groups is 2. The molecule has 2 amide bonds. The van der Waals surface area contributed by atoms with Crippen molar-refractivity contribution in [3.63, 3.8) is 0 Å². The van der Waals surface area contributed by atoms with Crippen LogP contribution in [0.25, 0.3) is 43.1 Å². The van der Waals surface area contributed by atoms with Crippen molar-refractivity contribution >= 4 is 34.5 Å². The van der Waals surface area contributed by atoms with Crippen molar-refractivity contribution in [3.8, 4) is 54.6 Å². The first-order valence-corrected chi connectivity index (χ1v) is 26.6. The Hall–Kier alpha value is -8.46. The van der Waals surface area contributed by atoms with Gasteiger partial charge in [-0.1, -0.05) is 60.7 Å². The first-order chi connectivity index (χ1) is 39.1. The summed E-state index contributed by atoms with van der Waals surface area (Å²) in [5.41, 5.74) is -1.28. The highest BCUT2D eigenvalue weighted by Crippen LogP contribution is 2.56. The van der Waals surface area contributed by atoms with Gasteiger partial charge in [0.1, 0.15) is 22.1 Å². The van der Waals surface area contributed by atoms with E-state index < -0.39 is 104 Å². The van der Waals surface area contributed by atoms with Gasteiger partial charge in [-0.25, -0.2) is 17.6 Å². The number of ether oxygens (including phenoxy) is 2. The molecule has 6 aliphatic rings. The Balaban J connectivity index is 0.000000154. The summed E-state index contributed by atoms with van der Waals surface area (Å²) in [4.78, 5) is 52.9. The number of amides is 2. The first-order valence-electron chi connectivity index (χ1n) is 25.0. The lowest BCUT2D eigenvalue weighted by atomic mass is 9.91. The van der Waals surface area contributed by atoms with E-state index >= 15 is 8.78 Å². The molecule has 8 aromatic rings. The van der Waals surface area contributed by atoms with E-state index in [9.17, 15) is 64.5 Å². The van der Waals surface area contributed by atoms with Gasteiger partial charge >= 0.3 is 12.4 Å². The Morgan fingerprint density at radius 2 is 0.890 bits per heavy atom. The second-order valence-corrected chi connectivity index (χ2v) is 21.7. The fraction of sp³-hybridized carbons (Fsp3) is 0.214. The molecule has 0 saturated carbocycles. The normalized spacial score (nSPS) is 19.6. The summed E-state index contributed by atoms with van der Waals surface area (Å²) in [7, 11) is 0. The van der Waals surface area contributed by atoms with Crippen LogP contribution >= 0.6 is 22.7 Å². The van der Waals surface area contributed by atoms with E-state index in [1.54, 1.807) is 58.5 Å². The van der Waals surface area contributed by atoms with Gasteiger partial charge in [0.25, 0.3) is 11.8 Å². The maximum atomic E-state index is 15.8. The lowest BCUT2D eigenvalue weighted by Gasteiger charge is -2.51. The minimum absolute atomic E-state index is 0.00420. The third kappa shape index (κ3) is 7.95. The third-order valence-electron chi connectivity index (χ3n) is 15.3. The number of aromatic nitrogens is 2. The van der Waals surface area contributed by atoms with Crippen LogP contribution in [0.4, 0.5) is 43.9 Å². The zero-order valence-electron chi connectivity index (χ0n) is 41.6. The number of thiophene rings is 2. The van der Waals surface area contributed by atoms with E-state index in [0.717, 1.165) is 36.4 Å². The van der Waals surface area contributed by atoms with Crippen LogP contribution in [0, 0.1) is 23.3 Å². The summed E-state index contributed by atoms with van der Waals surface area (Å²) >= 11 is 0.857. The quantitative estimate of drug-likeness (QED) is 0.160. The van der Waals surface area contributed by atoms with Gasteiger partial charge in [0.05, 0.1) is 38.5 Å². The van der Waals surface area contributed by atoms with E-state index in [0.29, 0.717) is 44.9 Å². The Kier molecular flexibility index (Phi) is 12.3. The lowest BCUT2D eigenvalue weighted by Crippen LogP contribution is -2.66. The number of nitrogens with zero attached hydrogens (tertiary/aromatic N) is 6. The van der Waals surface area contributed by atoms with Crippen LogP contribution in [-0.4, -0.2) is 93.0 Å². The molecule has 82 heavy (non-hydrogen) atoms. The Morgan fingerprint density at radius 1 is 0.500 bits per heavy atom. The summed E-state index contributed by atoms with van der Waals surface area (Å²) in [6, 6.07) is 19.3. The number of pyridine rings is 2. The number of hydrogen-bond acceptors (Lipinski definition) is 12. The monoisotopic (exact) mass is 1170 g/mol. The van der Waals surface area contributed by atoms with Crippen molar-refractivity contribution in [2.45, 2.75) is 36.8 Å². The topological polar surface area (TPSA) is 150 Å². The molecular weight excluding hydrogens is 1140 g/mol. The molecule has 2 N–H and O–H groups in total. The van der Waals surface area contributed by atoms with Crippen LogP contribution in [-0.2, 0) is 21.8 Å². The van der Waals surface area contributed by atoms with Gasteiger partial charge in [0, 0.05) is 69.6 Å². The number of hydrogen-bond donors (Lipinski definition) is 2. The summed E-state index contributed by atoms with van der Waals surface area (Å²) in [6.07, 6.45) is -8.49. The van der Waals surface area contributed by atoms with Crippen molar-refractivity contribution in [2.24, 2.45) is 0 Å². The molecule has 4 atom stereocenters. The molecule has 2 aliphatic carbocycles. The Labute approximate surface area is 462 Å². The molecule has 14 nitrogen and oxygen atoms in total. The van der Waals surface area contributed by atoms with Crippen LogP contribution in [0.3, 0.4) is 0 Å². The Morgan fingerprint density at radius 3 is 1.28 bits per heavy atom. The molecule has 2 fully saturated rings. The molecule has 2 unspecified atom stereocenters. The predicted molar refractivity (Wildman–Crippen MR) is 276 cm³/mol. The average Bonchev–Trinajstić information content (AvgIpc) is 4.22. The molecule has 0 radical (unpaired) electrons. The van der Waals surface area contributed by atoms with Crippen molar-refractivity contribution in [1.82, 2.24) is 19.2 Å². The minimum Gasteiger partial charge on any atom is -0.502 e. The summed E-state index contributed by atoms with van der Waals surface area (Å²) < 4.78 is 158.